The van der Waals surface area contributed by atoms with Crippen LogP contribution in [-0.4, -0.2) is 54.0 Å². The van der Waals surface area contributed by atoms with Gasteiger partial charge in [0.1, 0.15) is 0 Å². The smallest absolute Gasteiger partial charge is 0.0389 e. The molecule has 4 aliphatic rings. The molecular weight excluding hydrogens is 619 g/mol. The molecule has 0 aromatic rings. The highest BCUT2D eigenvalue weighted by molar-refractivity contribution is 5.25. The van der Waals surface area contributed by atoms with Crippen molar-refractivity contribution in [1.82, 2.24) is 14.7 Å². The summed E-state index contributed by atoms with van der Waals surface area (Å²) in [6.45, 7) is 6.87. The molecule has 0 fully saturated rings. The van der Waals surface area contributed by atoms with Gasteiger partial charge in [-0.3, -0.25) is 0 Å². The highest BCUT2D eigenvalue weighted by Crippen LogP contribution is 2.18. The molecule has 0 aromatic carbocycles. The second kappa shape index (κ2) is 27.7. The Labute approximate surface area is 315 Å². The van der Waals surface area contributed by atoms with Crippen molar-refractivity contribution in [3.63, 3.8) is 0 Å². The number of hydrogen-bond donors (Lipinski definition) is 0. The van der Waals surface area contributed by atoms with Crippen LogP contribution in [0.5, 0.6) is 0 Å². The van der Waals surface area contributed by atoms with Gasteiger partial charge in [-0.25, -0.2) is 0 Å². The molecule has 0 spiro atoms. The summed E-state index contributed by atoms with van der Waals surface area (Å²) in [5, 5.41) is 0. The first-order valence-corrected chi connectivity index (χ1v) is 21.6. The van der Waals surface area contributed by atoms with E-state index in [9.17, 15) is 0 Å². The molecule has 0 unspecified atom stereocenters. The molecule has 0 aliphatic carbocycles. The molecule has 4 rings (SSSR count). The first kappa shape index (κ1) is 40.8. The molecule has 51 heavy (non-hydrogen) atoms. The Kier molecular flexibility index (Phi) is 22.2. The molecule has 4 aliphatic heterocycles. The summed E-state index contributed by atoms with van der Waals surface area (Å²) in [6.07, 6.45) is 67.1. The van der Waals surface area contributed by atoms with Crippen molar-refractivity contribution in [1.29, 1.82) is 0 Å². The zero-order chi connectivity index (χ0) is 35.3. The van der Waals surface area contributed by atoms with Crippen molar-refractivity contribution < 1.29 is 0 Å². The van der Waals surface area contributed by atoms with Crippen molar-refractivity contribution in [3.05, 3.63) is 108 Å². The van der Waals surface area contributed by atoms with E-state index >= 15 is 0 Å². The van der Waals surface area contributed by atoms with E-state index in [1.807, 2.05) is 0 Å². The average Bonchev–Trinajstić information content (AvgIpc) is 3.15. The zero-order valence-electron chi connectivity index (χ0n) is 32.7. The van der Waals surface area contributed by atoms with Crippen LogP contribution in [0.1, 0.15) is 154 Å². The van der Waals surface area contributed by atoms with Crippen LogP contribution in [0.2, 0.25) is 0 Å². The summed E-state index contributed by atoms with van der Waals surface area (Å²) >= 11 is 0. The maximum atomic E-state index is 2.53. The minimum absolute atomic E-state index is 1.08. The number of fused-ring (bicyclic) bond motifs is 4. The third-order valence-electron chi connectivity index (χ3n) is 10.9. The molecule has 0 amide bonds. The molecule has 0 atom stereocenters. The fraction of sp³-hybridized carbons (Fsp3) is 0.625. The van der Waals surface area contributed by atoms with Crippen molar-refractivity contribution in [2.24, 2.45) is 0 Å². The molecule has 0 radical (unpaired) electrons. The summed E-state index contributed by atoms with van der Waals surface area (Å²) in [4.78, 5) is 7.59. The number of nitrogens with zero attached hydrogens (tertiary/aromatic N) is 3. The van der Waals surface area contributed by atoms with Crippen molar-refractivity contribution in [3.8, 4) is 0 Å². The molecule has 0 aromatic heterocycles. The highest BCUT2D eigenvalue weighted by Gasteiger charge is 2.08. The van der Waals surface area contributed by atoms with E-state index in [2.05, 4.69) is 106 Å². The van der Waals surface area contributed by atoms with Crippen LogP contribution < -0.4 is 0 Å². The topological polar surface area (TPSA) is 9.72 Å². The summed E-state index contributed by atoms with van der Waals surface area (Å²) in [7, 11) is 0. The second-order valence-corrected chi connectivity index (χ2v) is 15.6. The van der Waals surface area contributed by atoms with Crippen LogP contribution >= 0.6 is 0 Å². The molecule has 3 nitrogen and oxygen atoms in total. The lowest BCUT2D eigenvalue weighted by Gasteiger charge is -2.24. The molecular formula is C48H75N3. The zero-order valence-corrected chi connectivity index (χ0v) is 32.7. The van der Waals surface area contributed by atoms with Crippen molar-refractivity contribution >= 4 is 0 Å². The highest BCUT2D eigenvalue weighted by atomic mass is 15.1. The number of hydrogen-bond acceptors (Lipinski definition) is 3. The lowest BCUT2D eigenvalue weighted by atomic mass is 10.1. The van der Waals surface area contributed by atoms with Crippen LogP contribution in [-0.2, 0) is 0 Å². The van der Waals surface area contributed by atoms with Gasteiger partial charge < -0.3 is 14.7 Å². The van der Waals surface area contributed by atoms with Crippen LogP contribution in [0.25, 0.3) is 0 Å². The third-order valence-corrected chi connectivity index (χ3v) is 10.9. The number of allylic oxidation sites excluding steroid dienone is 12. The molecule has 282 valence electrons. The monoisotopic (exact) mass is 694 g/mol. The molecule has 4 heterocycles. The van der Waals surface area contributed by atoms with Gasteiger partial charge in [0.25, 0.3) is 0 Å². The summed E-state index contributed by atoms with van der Waals surface area (Å²) in [5.74, 6) is 0. The lowest BCUT2D eigenvalue weighted by molar-refractivity contribution is 0.382. The van der Waals surface area contributed by atoms with Gasteiger partial charge in [0, 0.05) is 51.7 Å². The van der Waals surface area contributed by atoms with E-state index in [4.69, 9.17) is 0 Å². The summed E-state index contributed by atoms with van der Waals surface area (Å²) in [6, 6.07) is 0. The van der Waals surface area contributed by atoms with E-state index in [1.165, 1.54) is 166 Å². The Bertz CT molecular complexity index is 1190. The summed E-state index contributed by atoms with van der Waals surface area (Å²) < 4.78 is 0. The largest absolute Gasteiger partial charge is 0.373 e. The van der Waals surface area contributed by atoms with E-state index in [-0.39, 0.29) is 0 Å². The van der Waals surface area contributed by atoms with E-state index in [0.29, 0.717) is 0 Å². The summed E-state index contributed by atoms with van der Waals surface area (Å²) in [5.41, 5.74) is 4.49. The molecule has 0 N–H and O–H groups in total. The van der Waals surface area contributed by atoms with Gasteiger partial charge in [-0.05, 0) is 106 Å². The van der Waals surface area contributed by atoms with Gasteiger partial charge in [0.2, 0.25) is 0 Å². The minimum atomic E-state index is 1.08. The van der Waals surface area contributed by atoms with Gasteiger partial charge >= 0.3 is 0 Å². The molecule has 0 saturated carbocycles. The van der Waals surface area contributed by atoms with E-state index < -0.39 is 0 Å². The van der Waals surface area contributed by atoms with Crippen LogP contribution in [0.4, 0.5) is 0 Å². The van der Waals surface area contributed by atoms with Crippen molar-refractivity contribution in [2.75, 3.05) is 39.3 Å². The average molecular weight is 694 g/mol. The Hall–Kier alpha value is -2.94. The van der Waals surface area contributed by atoms with Gasteiger partial charge in [-0.15, -0.1) is 0 Å². The first-order chi connectivity index (χ1) is 25.3. The maximum Gasteiger partial charge on any atom is 0.0389 e. The van der Waals surface area contributed by atoms with Crippen LogP contribution in [0.15, 0.2) is 108 Å². The van der Waals surface area contributed by atoms with E-state index in [0.717, 1.165) is 38.9 Å². The Morgan fingerprint density at radius 1 is 0.373 bits per heavy atom. The molecule has 3 heteroatoms. The van der Waals surface area contributed by atoms with Gasteiger partial charge in [0.15, 0.2) is 0 Å². The number of rotatable bonds is 0. The Balaban J connectivity index is 1.13. The normalized spacial score (nSPS) is 23.1. The van der Waals surface area contributed by atoms with Gasteiger partial charge in [-0.1, -0.05) is 144 Å². The molecule has 6 bridgehead atoms. The third kappa shape index (κ3) is 20.0. The Morgan fingerprint density at radius 3 is 1.27 bits per heavy atom. The maximum absolute atomic E-state index is 2.53. The predicted molar refractivity (Wildman–Crippen MR) is 225 cm³/mol. The van der Waals surface area contributed by atoms with Gasteiger partial charge in [0.05, 0.1) is 0 Å². The fourth-order valence-corrected chi connectivity index (χ4v) is 7.73. The minimum Gasteiger partial charge on any atom is -0.373 e. The van der Waals surface area contributed by atoms with Crippen LogP contribution in [0.3, 0.4) is 0 Å². The SMILES string of the molecule is C1=CN2CCCCCCCCC=CCC3=CN(CC=C3)CCCCCCCCC=CCC3=CN(CC=C3)CCCCCCCCC=CCC(=C1)C2. The van der Waals surface area contributed by atoms with Gasteiger partial charge in [-0.2, -0.15) is 0 Å². The standard InChI is InChI=1S/C48H75N3/c1-4-10-16-22-31-46-34-28-41-50(43-46)38-26-20-14-8-3-6-12-18-24-33-48-36-30-42-51(45-48)39-27-21-15-9-2-5-11-17-23-32-47-35-29-40-49(44-47)37-25-19-13-7-1/h16-18,22-24,28-30,34-36,40,43,45H,1-15,19-21,25-27,31-33,37-39,41-42,44H2. The first-order valence-electron chi connectivity index (χ1n) is 21.6. The Morgan fingerprint density at radius 2 is 0.784 bits per heavy atom. The van der Waals surface area contributed by atoms with Crippen molar-refractivity contribution in [2.45, 2.75) is 154 Å². The quantitative estimate of drug-likeness (QED) is 0.234. The lowest BCUT2D eigenvalue weighted by Crippen LogP contribution is -2.23. The molecule has 0 saturated heterocycles. The van der Waals surface area contributed by atoms with E-state index in [1.54, 1.807) is 5.57 Å². The van der Waals surface area contributed by atoms with Crippen LogP contribution in [0, 0.1) is 0 Å². The predicted octanol–water partition coefficient (Wildman–Crippen LogP) is 13.3. The second-order valence-electron chi connectivity index (χ2n) is 15.6. The fourth-order valence-electron chi connectivity index (χ4n) is 7.73.